The fourth-order valence-corrected chi connectivity index (χ4v) is 1.96. The predicted molar refractivity (Wildman–Crippen MR) is 73.6 cm³/mol. The van der Waals surface area contributed by atoms with Crippen LogP contribution in [0.4, 0.5) is 5.69 Å². The van der Waals surface area contributed by atoms with Gasteiger partial charge in [-0.25, -0.2) is 9.97 Å². The number of ketones is 2. The van der Waals surface area contributed by atoms with Crippen molar-refractivity contribution in [1.82, 2.24) is 9.97 Å². The van der Waals surface area contributed by atoms with Crippen LogP contribution >= 0.6 is 0 Å². The number of nitrogens with one attached hydrogen (secondary N) is 1. The number of allylic oxidation sites excluding steroid dienone is 2. The van der Waals surface area contributed by atoms with Crippen molar-refractivity contribution < 1.29 is 9.59 Å². The Morgan fingerprint density at radius 2 is 1.60 bits per heavy atom. The van der Waals surface area contributed by atoms with Gasteiger partial charge in [0, 0.05) is 24.2 Å². The molecule has 0 spiro atoms. The van der Waals surface area contributed by atoms with Gasteiger partial charge in [0.1, 0.15) is 11.4 Å². The SMILES string of the molecule is Cc1ccc(NC2=CC(=O)c3nccnc3C2=O)cc1. The zero-order valence-corrected chi connectivity index (χ0v) is 10.8. The Balaban J connectivity index is 1.94. The van der Waals surface area contributed by atoms with Crippen LogP contribution in [0.5, 0.6) is 0 Å². The van der Waals surface area contributed by atoms with Crippen LogP contribution in [-0.4, -0.2) is 21.5 Å². The normalized spacial score (nSPS) is 13.8. The van der Waals surface area contributed by atoms with Crippen molar-refractivity contribution in [2.45, 2.75) is 6.92 Å². The molecule has 0 fully saturated rings. The van der Waals surface area contributed by atoms with Gasteiger partial charge in [0.2, 0.25) is 11.6 Å². The summed E-state index contributed by atoms with van der Waals surface area (Å²) in [6.45, 7) is 1.98. The van der Waals surface area contributed by atoms with E-state index in [1.807, 2.05) is 31.2 Å². The molecule has 1 aromatic heterocycles. The zero-order chi connectivity index (χ0) is 14.1. The van der Waals surface area contributed by atoms with Gasteiger partial charge in [-0.1, -0.05) is 17.7 Å². The molecule has 0 radical (unpaired) electrons. The second-order valence-electron chi connectivity index (χ2n) is 4.50. The highest BCUT2D eigenvalue weighted by Gasteiger charge is 2.27. The van der Waals surface area contributed by atoms with Crippen molar-refractivity contribution in [3.63, 3.8) is 0 Å². The molecule has 2 aromatic rings. The molecular weight excluding hydrogens is 254 g/mol. The minimum atomic E-state index is -0.326. The summed E-state index contributed by atoms with van der Waals surface area (Å²) in [6.07, 6.45) is 4.06. The molecular formula is C15H11N3O2. The van der Waals surface area contributed by atoms with Crippen LogP contribution < -0.4 is 5.32 Å². The van der Waals surface area contributed by atoms with Gasteiger partial charge in [0.25, 0.3) is 0 Å². The molecule has 0 atom stereocenters. The first-order valence-corrected chi connectivity index (χ1v) is 6.10. The monoisotopic (exact) mass is 265 g/mol. The van der Waals surface area contributed by atoms with E-state index >= 15 is 0 Å². The van der Waals surface area contributed by atoms with E-state index in [1.165, 1.54) is 18.5 Å². The van der Waals surface area contributed by atoms with E-state index in [9.17, 15) is 9.59 Å². The Kier molecular flexibility index (Phi) is 2.87. The molecule has 1 N–H and O–H groups in total. The maximum Gasteiger partial charge on any atom is 0.229 e. The highest BCUT2D eigenvalue weighted by Crippen LogP contribution is 2.20. The van der Waals surface area contributed by atoms with Crippen molar-refractivity contribution in [3.8, 4) is 0 Å². The summed E-state index contributed by atoms with van der Waals surface area (Å²) in [5.74, 6) is -0.643. The number of anilines is 1. The number of rotatable bonds is 2. The van der Waals surface area contributed by atoms with E-state index in [2.05, 4.69) is 15.3 Å². The van der Waals surface area contributed by atoms with Crippen LogP contribution in [0.2, 0.25) is 0 Å². The first-order valence-electron chi connectivity index (χ1n) is 6.10. The zero-order valence-electron chi connectivity index (χ0n) is 10.8. The van der Waals surface area contributed by atoms with Crippen LogP contribution in [-0.2, 0) is 0 Å². The molecule has 5 nitrogen and oxygen atoms in total. The van der Waals surface area contributed by atoms with Crippen molar-refractivity contribution in [2.75, 3.05) is 5.32 Å². The highest BCUT2D eigenvalue weighted by atomic mass is 16.1. The Morgan fingerprint density at radius 1 is 0.950 bits per heavy atom. The summed E-state index contributed by atoms with van der Waals surface area (Å²) >= 11 is 0. The standard InChI is InChI=1S/C15H11N3O2/c1-9-2-4-10(5-3-9)18-11-8-12(19)13-14(15(11)20)17-7-6-16-13/h2-8,18H,1H3. The molecule has 0 unspecified atom stereocenters. The van der Waals surface area contributed by atoms with Gasteiger partial charge in [-0.15, -0.1) is 0 Å². The first-order chi connectivity index (χ1) is 9.65. The van der Waals surface area contributed by atoms with Gasteiger partial charge in [0.15, 0.2) is 0 Å². The number of carbonyl (C=O) groups excluding carboxylic acids is 2. The van der Waals surface area contributed by atoms with Crippen molar-refractivity contribution in [2.24, 2.45) is 0 Å². The van der Waals surface area contributed by atoms with Gasteiger partial charge < -0.3 is 5.32 Å². The molecule has 0 saturated heterocycles. The van der Waals surface area contributed by atoms with E-state index in [1.54, 1.807) is 0 Å². The van der Waals surface area contributed by atoms with Crippen molar-refractivity contribution >= 4 is 17.3 Å². The lowest BCUT2D eigenvalue weighted by atomic mass is 10.0. The molecule has 3 rings (SSSR count). The minimum absolute atomic E-state index is 0.0922. The number of aromatic nitrogens is 2. The number of benzene rings is 1. The third-order valence-corrected chi connectivity index (χ3v) is 3.00. The molecule has 1 heterocycles. The lowest BCUT2D eigenvalue weighted by Crippen LogP contribution is -2.23. The molecule has 0 saturated carbocycles. The molecule has 5 heteroatoms. The summed E-state index contributed by atoms with van der Waals surface area (Å²) in [7, 11) is 0. The first kappa shape index (κ1) is 12.2. The largest absolute Gasteiger partial charge is 0.352 e. The molecule has 1 aromatic carbocycles. The topological polar surface area (TPSA) is 72.0 Å². The number of Topliss-reactive ketones (excluding diaryl/α,β-unsaturated/α-hetero) is 1. The van der Waals surface area contributed by atoms with Gasteiger partial charge in [-0.3, -0.25) is 9.59 Å². The van der Waals surface area contributed by atoms with Gasteiger partial charge in [0.05, 0.1) is 5.70 Å². The molecule has 0 bridgehead atoms. The maximum absolute atomic E-state index is 12.2. The van der Waals surface area contributed by atoms with Crippen LogP contribution in [0.1, 0.15) is 26.5 Å². The maximum atomic E-state index is 12.2. The third-order valence-electron chi connectivity index (χ3n) is 3.00. The Hall–Kier alpha value is -2.82. The Morgan fingerprint density at radius 3 is 2.30 bits per heavy atom. The summed E-state index contributed by atoms with van der Waals surface area (Å²) < 4.78 is 0. The van der Waals surface area contributed by atoms with E-state index < -0.39 is 0 Å². The molecule has 20 heavy (non-hydrogen) atoms. The highest BCUT2D eigenvalue weighted by molar-refractivity contribution is 6.23. The number of nitrogens with zero attached hydrogens (tertiary/aromatic N) is 2. The van der Waals surface area contributed by atoms with E-state index in [-0.39, 0.29) is 28.7 Å². The van der Waals surface area contributed by atoms with E-state index in [0.717, 1.165) is 11.3 Å². The van der Waals surface area contributed by atoms with Crippen molar-refractivity contribution in [1.29, 1.82) is 0 Å². The molecule has 98 valence electrons. The summed E-state index contributed by atoms with van der Waals surface area (Å²) in [5, 5.41) is 2.95. The lowest BCUT2D eigenvalue weighted by molar-refractivity contribution is 0.0978. The molecule has 0 aliphatic heterocycles. The Bertz CT molecular complexity index is 733. The Labute approximate surface area is 115 Å². The molecule has 0 amide bonds. The van der Waals surface area contributed by atoms with Gasteiger partial charge in [-0.2, -0.15) is 0 Å². The second-order valence-corrected chi connectivity index (χ2v) is 4.50. The van der Waals surface area contributed by atoms with E-state index in [4.69, 9.17) is 0 Å². The number of hydrogen-bond donors (Lipinski definition) is 1. The average Bonchev–Trinajstić information content (AvgIpc) is 2.47. The lowest BCUT2D eigenvalue weighted by Gasteiger charge is -2.14. The average molecular weight is 265 g/mol. The smallest absolute Gasteiger partial charge is 0.229 e. The molecule has 1 aliphatic carbocycles. The quantitative estimate of drug-likeness (QED) is 0.900. The summed E-state index contributed by atoms with van der Waals surface area (Å²) in [6, 6.07) is 7.54. The van der Waals surface area contributed by atoms with Crippen molar-refractivity contribution in [3.05, 3.63) is 65.4 Å². The van der Waals surface area contributed by atoms with Crippen LogP contribution in [0.3, 0.4) is 0 Å². The van der Waals surface area contributed by atoms with E-state index in [0.29, 0.717) is 0 Å². The van der Waals surface area contributed by atoms with Gasteiger partial charge >= 0.3 is 0 Å². The van der Waals surface area contributed by atoms with Gasteiger partial charge in [-0.05, 0) is 19.1 Å². The van der Waals surface area contributed by atoms with Crippen LogP contribution in [0.15, 0.2) is 48.4 Å². The fourth-order valence-electron chi connectivity index (χ4n) is 1.96. The second kappa shape index (κ2) is 4.70. The van der Waals surface area contributed by atoms with Crippen LogP contribution in [0, 0.1) is 6.92 Å². The number of carbonyl (C=O) groups is 2. The predicted octanol–water partition coefficient (Wildman–Crippen LogP) is 2.16. The number of hydrogen-bond acceptors (Lipinski definition) is 5. The van der Waals surface area contributed by atoms with Crippen LogP contribution in [0.25, 0.3) is 0 Å². The summed E-state index contributed by atoms with van der Waals surface area (Å²) in [5.41, 5.74) is 2.27. The number of fused-ring (bicyclic) bond motifs is 1. The minimum Gasteiger partial charge on any atom is -0.352 e. The number of aryl methyl sites for hydroxylation is 1. The fraction of sp³-hybridized carbons (Fsp3) is 0.0667. The third kappa shape index (κ3) is 2.09. The molecule has 1 aliphatic rings. The summed E-state index contributed by atoms with van der Waals surface area (Å²) in [4.78, 5) is 32.0.